The summed E-state index contributed by atoms with van der Waals surface area (Å²) in [6, 6.07) is -1.56. The van der Waals surface area contributed by atoms with E-state index >= 15 is 0 Å². The normalized spacial score (nSPS) is 19.1. The SMILES string of the molecule is CCCCCCCCCCC[C@H](CC(=O)NC(C)[C@]1(NC(=O)C[C@@H](CCCCCCCCCCC)OC(=O)CCCCC)[C@@H](O)O[C@H](CO)[C@@H](OP(=O)(O)O)[C@@H]1OC(=O)C[C@@H](CCCCCCCCCCC)OC(=O)CCCCC)OC(=O)CCCCC. The number of ether oxygens (including phenoxy) is 5. The summed E-state index contributed by atoms with van der Waals surface area (Å²) in [5.74, 6) is -4.14. The molecule has 1 saturated heterocycles. The molecule has 1 rings (SSSR count). The number of aliphatic hydroxyl groups excluding tert-OH is 2. The number of carbonyl (C=O) groups excluding carboxylic acids is 6. The number of phosphoric acid groups is 1. The average Bonchev–Trinajstić information content (AvgIpc) is 0.820. The van der Waals surface area contributed by atoms with E-state index in [1.807, 2.05) is 20.8 Å². The number of nitrogens with one attached hydrogen (secondary N) is 2. The van der Waals surface area contributed by atoms with E-state index in [0.717, 1.165) is 148 Å². The van der Waals surface area contributed by atoms with Gasteiger partial charge in [-0.2, -0.15) is 0 Å². The maximum Gasteiger partial charge on any atom is 0.470 e. The van der Waals surface area contributed by atoms with Gasteiger partial charge in [-0.05, 0) is 64.7 Å². The van der Waals surface area contributed by atoms with Crippen molar-refractivity contribution in [1.82, 2.24) is 10.6 Å². The van der Waals surface area contributed by atoms with Crippen molar-refractivity contribution in [3.8, 4) is 0 Å². The highest BCUT2D eigenvalue weighted by atomic mass is 31.2. The maximum atomic E-state index is 15.0. The van der Waals surface area contributed by atoms with Crippen LogP contribution in [0.1, 0.15) is 337 Å². The third kappa shape index (κ3) is 39.3. The van der Waals surface area contributed by atoms with Crippen molar-refractivity contribution in [2.24, 2.45) is 0 Å². The molecular weight excluding hydrogens is 1150 g/mol. The minimum atomic E-state index is -5.61. The molecule has 0 saturated carbocycles. The van der Waals surface area contributed by atoms with Gasteiger partial charge in [0, 0.05) is 19.3 Å². The van der Waals surface area contributed by atoms with Crippen LogP contribution in [0.3, 0.4) is 0 Å². The van der Waals surface area contributed by atoms with E-state index in [0.29, 0.717) is 51.4 Å². The summed E-state index contributed by atoms with van der Waals surface area (Å²) < 4.78 is 48.4. The van der Waals surface area contributed by atoms with Crippen molar-refractivity contribution in [3.05, 3.63) is 0 Å². The third-order valence-corrected chi connectivity index (χ3v) is 17.5. The van der Waals surface area contributed by atoms with Crippen molar-refractivity contribution in [2.45, 2.75) is 392 Å². The summed E-state index contributed by atoms with van der Waals surface area (Å²) in [6.45, 7) is 12.9. The molecule has 0 aliphatic carbocycles. The van der Waals surface area contributed by atoms with E-state index in [4.69, 9.17) is 28.2 Å². The van der Waals surface area contributed by atoms with Gasteiger partial charge in [-0.15, -0.1) is 0 Å². The summed E-state index contributed by atoms with van der Waals surface area (Å²) >= 11 is 0. The molecule has 0 aromatic rings. The predicted molar refractivity (Wildman–Crippen MR) is 345 cm³/mol. The number of hydrogen-bond donors (Lipinski definition) is 6. The summed E-state index contributed by atoms with van der Waals surface area (Å²) in [6.07, 6.45) is 23.2. The number of esters is 4. The van der Waals surface area contributed by atoms with E-state index in [9.17, 15) is 53.3 Å². The Hall–Kier alpha value is -3.19. The van der Waals surface area contributed by atoms with E-state index in [1.165, 1.54) is 51.9 Å². The topological polar surface area (TPSA) is 280 Å². The summed E-state index contributed by atoms with van der Waals surface area (Å²) in [5, 5.41) is 28.9. The van der Waals surface area contributed by atoms with E-state index in [2.05, 4.69) is 31.4 Å². The van der Waals surface area contributed by atoms with E-state index in [1.54, 1.807) is 0 Å². The molecule has 19 nitrogen and oxygen atoms in total. The standard InChI is InChI=1S/C68H127N2O17P/c1-8-14-20-23-26-29-32-35-41-44-55(82-61(74)47-38-17-11-4)50-59(72)69-54(7)68(70-60(73)51-56(83-62(75)48-39-18-12-5)45-42-36-33-30-27-24-21-15-9-2)66(65(87-88(79,80)81)58(53-71)85-67(68)78)86-64(77)52-57(84-63(76)49-40-19-13-6)46-43-37-34-31-28-25-22-16-10-3/h54-58,65-67,71,78H,8-53H2,1-7H3,(H,69,72)(H,70,73)(H2,79,80,81)/t54?,55-,56-,57-,58-,65-,66+,67+,68-/m1/s1. The number of phosphoric ester groups is 1. The number of rotatable bonds is 58. The van der Waals surface area contributed by atoms with Crippen molar-refractivity contribution in [1.29, 1.82) is 0 Å². The second-order valence-electron chi connectivity index (χ2n) is 25.1. The van der Waals surface area contributed by atoms with Gasteiger partial charge in [-0.3, -0.25) is 33.3 Å². The molecule has 1 unspecified atom stereocenters. The van der Waals surface area contributed by atoms with Gasteiger partial charge in [-0.25, -0.2) is 4.57 Å². The van der Waals surface area contributed by atoms with E-state index < -0.39 is 117 Å². The van der Waals surface area contributed by atoms with Crippen LogP contribution >= 0.6 is 7.82 Å². The summed E-state index contributed by atoms with van der Waals surface area (Å²) in [5.41, 5.74) is -2.58. The Morgan fingerprint density at radius 1 is 0.466 bits per heavy atom. The lowest BCUT2D eigenvalue weighted by atomic mass is 9.77. The molecule has 0 aromatic heterocycles. The zero-order valence-corrected chi connectivity index (χ0v) is 57.1. The molecule has 88 heavy (non-hydrogen) atoms. The fourth-order valence-electron chi connectivity index (χ4n) is 11.7. The highest BCUT2D eigenvalue weighted by Gasteiger charge is 2.63. The molecule has 2 amide bonds. The minimum absolute atomic E-state index is 0.109. The quantitative estimate of drug-likeness (QED) is 0.0143. The molecule has 20 heteroatoms. The maximum absolute atomic E-state index is 15.0. The number of amides is 2. The average molecular weight is 1280 g/mol. The van der Waals surface area contributed by atoms with Gasteiger partial charge >= 0.3 is 31.7 Å². The molecule has 0 aromatic carbocycles. The highest BCUT2D eigenvalue weighted by Crippen LogP contribution is 2.45. The first-order valence-corrected chi connectivity index (χ1v) is 36.9. The molecule has 1 aliphatic heterocycles. The fraction of sp³-hybridized carbons (Fsp3) is 0.912. The van der Waals surface area contributed by atoms with Crippen LogP contribution < -0.4 is 10.6 Å². The molecule has 516 valence electrons. The Morgan fingerprint density at radius 3 is 1.12 bits per heavy atom. The molecule has 0 spiro atoms. The van der Waals surface area contributed by atoms with Crippen LogP contribution in [0.2, 0.25) is 0 Å². The first kappa shape index (κ1) is 82.8. The predicted octanol–water partition coefficient (Wildman–Crippen LogP) is 14.9. The summed E-state index contributed by atoms with van der Waals surface area (Å²) in [4.78, 5) is 105. The monoisotopic (exact) mass is 1270 g/mol. The molecule has 1 fully saturated rings. The second kappa shape index (κ2) is 52.3. The number of carbonyl (C=O) groups is 6. The van der Waals surface area contributed by atoms with Gasteiger partial charge in [0.25, 0.3) is 0 Å². The Kier molecular flexibility index (Phi) is 49.2. The Bertz CT molecular complexity index is 1870. The van der Waals surface area contributed by atoms with Crippen molar-refractivity contribution in [2.75, 3.05) is 6.61 Å². The van der Waals surface area contributed by atoms with Crippen molar-refractivity contribution < 1.29 is 81.5 Å². The highest BCUT2D eigenvalue weighted by molar-refractivity contribution is 7.46. The minimum Gasteiger partial charge on any atom is -0.462 e. The molecule has 1 heterocycles. The van der Waals surface area contributed by atoms with E-state index in [-0.39, 0.29) is 32.1 Å². The van der Waals surface area contributed by atoms with Gasteiger partial charge in [-0.1, -0.05) is 234 Å². The Morgan fingerprint density at radius 2 is 0.784 bits per heavy atom. The van der Waals surface area contributed by atoms with Crippen LogP contribution in [-0.2, 0) is 61.5 Å². The van der Waals surface area contributed by atoms with Crippen LogP contribution in [0, 0.1) is 0 Å². The molecular formula is C68H127N2O17P. The Balaban J connectivity index is 3.98. The zero-order valence-electron chi connectivity index (χ0n) is 56.2. The Labute approximate surface area is 532 Å². The van der Waals surface area contributed by atoms with Gasteiger partial charge in [0.05, 0.1) is 31.9 Å². The molecule has 6 N–H and O–H groups in total. The van der Waals surface area contributed by atoms with Crippen LogP contribution in [-0.4, -0.2) is 117 Å². The molecule has 1 aliphatic rings. The van der Waals surface area contributed by atoms with Crippen molar-refractivity contribution in [3.63, 3.8) is 0 Å². The van der Waals surface area contributed by atoms with Gasteiger partial charge in [0.1, 0.15) is 30.5 Å². The van der Waals surface area contributed by atoms with Crippen LogP contribution in [0.4, 0.5) is 0 Å². The van der Waals surface area contributed by atoms with Gasteiger partial charge < -0.3 is 54.3 Å². The fourth-order valence-corrected chi connectivity index (χ4v) is 12.3. The largest absolute Gasteiger partial charge is 0.470 e. The van der Waals surface area contributed by atoms with Gasteiger partial charge in [0.2, 0.25) is 11.8 Å². The van der Waals surface area contributed by atoms with Crippen LogP contribution in [0.15, 0.2) is 0 Å². The number of aliphatic hydroxyl groups is 2. The van der Waals surface area contributed by atoms with Gasteiger partial charge in [0.15, 0.2) is 17.9 Å². The smallest absolute Gasteiger partial charge is 0.462 e. The zero-order chi connectivity index (χ0) is 65.3. The van der Waals surface area contributed by atoms with Crippen LogP contribution in [0.5, 0.6) is 0 Å². The lowest BCUT2D eigenvalue weighted by Gasteiger charge is -2.54. The van der Waals surface area contributed by atoms with Crippen LogP contribution in [0.25, 0.3) is 0 Å². The molecule has 0 bridgehead atoms. The lowest BCUT2D eigenvalue weighted by molar-refractivity contribution is -0.289. The first-order chi connectivity index (χ1) is 42.3. The lowest BCUT2D eigenvalue weighted by Crippen LogP contribution is -2.80. The third-order valence-electron chi connectivity index (χ3n) is 17.0. The molecule has 9 atom stereocenters. The second-order valence-corrected chi connectivity index (χ2v) is 26.3. The summed E-state index contributed by atoms with van der Waals surface area (Å²) in [7, 11) is -5.61. The first-order valence-electron chi connectivity index (χ1n) is 35.4. The molecule has 0 radical (unpaired) electrons. The van der Waals surface area contributed by atoms with Crippen molar-refractivity contribution >= 4 is 43.5 Å². The number of hydrogen-bond acceptors (Lipinski definition) is 15. The number of unbranched alkanes of at least 4 members (excludes halogenated alkanes) is 30.